The number of nitrogens with zero attached hydrogens (tertiary/aromatic N) is 3. The first kappa shape index (κ1) is 24.3. The van der Waals surface area contributed by atoms with Crippen molar-refractivity contribution in [3.63, 3.8) is 0 Å². The van der Waals surface area contributed by atoms with E-state index in [2.05, 4.69) is 28.8 Å². The first-order chi connectivity index (χ1) is 13.2. The number of halogens is 1. The van der Waals surface area contributed by atoms with Crippen molar-refractivity contribution < 1.29 is 9.53 Å². The average Bonchev–Trinajstić information content (AvgIpc) is 2.69. The lowest BCUT2D eigenvalue weighted by Crippen LogP contribution is -2.42. The van der Waals surface area contributed by atoms with Gasteiger partial charge in [-0.2, -0.15) is 0 Å². The number of ether oxygens (including phenoxy) is 1. The highest BCUT2D eigenvalue weighted by Crippen LogP contribution is 2.31. The third-order valence-electron chi connectivity index (χ3n) is 4.63. The quantitative estimate of drug-likeness (QED) is 0.175. The van der Waals surface area contributed by atoms with Gasteiger partial charge in [-0.1, -0.05) is 24.6 Å². The number of unbranched alkanes of at least 4 members (excludes halogenated alkanes) is 3. The number of carbonyl (C=O) groups is 1. The van der Waals surface area contributed by atoms with Crippen LogP contribution in [0.2, 0.25) is 0 Å². The molecule has 1 aliphatic rings. The van der Waals surface area contributed by atoms with Crippen molar-refractivity contribution in [2.24, 2.45) is 4.99 Å². The van der Waals surface area contributed by atoms with Crippen molar-refractivity contribution in [1.29, 1.82) is 0 Å². The number of anilines is 1. The van der Waals surface area contributed by atoms with Gasteiger partial charge in [-0.3, -0.25) is 9.79 Å². The van der Waals surface area contributed by atoms with Crippen LogP contribution in [0, 0.1) is 0 Å². The SMILES string of the molecule is C=CCCCCCN(C)C(=NC)NCCCN1C(=O)COc2ccccc21.I. The summed E-state index contributed by atoms with van der Waals surface area (Å²) >= 11 is 0. The van der Waals surface area contributed by atoms with Crippen LogP contribution in [-0.2, 0) is 4.79 Å². The topological polar surface area (TPSA) is 57.2 Å². The maximum Gasteiger partial charge on any atom is 0.265 e. The molecule has 0 saturated carbocycles. The van der Waals surface area contributed by atoms with E-state index in [-0.39, 0.29) is 36.5 Å². The summed E-state index contributed by atoms with van der Waals surface area (Å²) in [6, 6.07) is 7.68. The van der Waals surface area contributed by atoms with Gasteiger partial charge in [-0.25, -0.2) is 0 Å². The van der Waals surface area contributed by atoms with Crippen LogP contribution >= 0.6 is 24.0 Å². The summed E-state index contributed by atoms with van der Waals surface area (Å²) in [6.07, 6.45) is 7.43. The summed E-state index contributed by atoms with van der Waals surface area (Å²) in [5, 5.41) is 3.39. The normalized spacial score (nSPS) is 13.3. The molecule has 1 aromatic rings. The number of nitrogens with one attached hydrogen (secondary N) is 1. The molecule has 0 radical (unpaired) electrons. The molecule has 7 heteroatoms. The zero-order valence-electron chi connectivity index (χ0n) is 17.0. The summed E-state index contributed by atoms with van der Waals surface area (Å²) < 4.78 is 5.48. The molecular weight excluding hydrogens is 467 g/mol. The van der Waals surface area contributed by atoms with Gasteiger partial charge in [0, 0.05) is 33.7 Å². The molecule has 0 aliphatic carbocycles. The van der Waals surface area contributed by atoms with Crippen LogP contribution in [0.3, 0.4) is 0 Å². The fraction of sp³-hybridized carbons (Fsp3) is 0.524. The summed E-state index contributed by atoms with van der Waals surface area (Å²) in [4.78, 5) is 20.5. The lowest BCUT2D eigenvalue weighted by Gasteiger charge is -2.29. The highest BCUT2D eigenvalue weighted by molar-refractivity contribution is 14.0. The second kappa shape index (κ2) is 13.4. The predicted octanol–water partition coefficient (Wildman–Crippen LogP) is 3.67. The molecule has 0 saturated heterocycles. The minimum absolute atomic E-state index is 0. The number of guanidine groups is 1. The average molecular weight is 500 g/mol. The molecule has 0 unspecified atom stereocenters. The Morgan fingerprint density at radius 2 is 2.11 bits per heavy atom. The van der Waals surface area contributed by atoms with E-state index >= 15 is 0 Å². The van der Waals surface area contributed by atoms with Gasteiger partial charge in [-0.15, -0.1) is 30.6 Å². The number of carbonyl (C=O) groups excluding carboxylic acids is 1. The number of fused-ring (bicyclic) bond motifs is 1. The first-order valence-corrected chi connectivity index (χ1v) is 9.72. The third kappa shape index (κ3) is 7.33. The van der Waals surface area contributed by atoms with Crippen molar-refractivity contribution in [3.05, 3.63) is 36.9 Å². The van der Waals surface area contributed by atoms with E-state index in [1.54, 1.807) is 7.05 Å². The fourth-order valence-electron chi connectivity index (χ4n) is 3.14. The number of amides is 1. The first-order valence-electron chi connectivity index (χ1n) is 9.72. The van der Waals surface area contributed by atoms with Crippen LogP contribution in [0.15, 0.2) is 41.9 Å². The Labute approximate surface area is 186 Å². The number of aliphatic imine (C=N–C) groups is 1. The van der Waals surface area contributed by atoms with Crippen molar-refractivity contribution in [2.75, 3.05) is 45.2 Å². The monoisotopic (exact) mass is 500 g/mol. The summed E-state index contributed by atoms with van der Waals surface area (Å²) in [5.41, 5.74) is 0.856. The second-order valence-corrected chi connectivity index (χ2v) is 6.69. The van der Waals surface area contributed by atoms with Crippen molar-refractivity contribution >= 4 is 41.5 Å². The van der Waals surface area contributed by atoms with Gasteiger partial charge < -0.3 is 19.9 Å². The van der Waals surface area contributed by atoms with Crippen molar-refractivity contribution in [3.8, 4) is 5.75 Å². The Morgan fingerprint density at radius 3 is 2.86 bits per heavy atom. The molecule has 1 aromatic carbocycles. The number of hydrogen-bond acceptors (Lipinski definition) is 3. The molecule has 28 heavy (non-hydrogen) atoms. The number of rotatable bonds is 10. The molecule has 1 aliphatic heterocycles. The summed E-state index contributed by atoms with van der Waals surface area (Å²) in [6.45, 7) is 6.27. The Morgan fingerprint density at radius 1 is 1.32 bits per heavy atom. The maximum atomic E-state index is 12.2. The second-order valence-electron chi connectivity index (χ2n) is 6.69. The van der Waals surface area contributed by atoms with Crippen LogP contribution < -0.4 is 15.0 Å². The van der Waals surface area contributed by atoms with E-state index in [9.17, 15) is 4.79 Å². The molecule has 0 atom stereocenters. The molecule has 0 spiro atoms. The van der Waals surface area contributed by atoms with Crippen molar-refractivity contribution in [2.45, 2.75) is 32.1 Å². The highest BCUT2D eigenvalue weighted by Gasteiger charge is 2.24. The smallest absolute Gasteiger partial charge is 0.265 e. The van der Waals surface area contributed by atoms with Gasteiger partial charge in [0.2, 0.25) is 0 Å². The van der Waals surface area contributed by atoms with Gasteiger partial charge in [0.1, 0.15) is 5.75 Å². The van der Waals surface area contributed by atoms with Gasteiger partial charge >= 0.3 is 0 Å². The fourth-order valence-corrected chi connectivity index (χ4v) is 3.14. The van der Waals surface area contributed by atoms with Crippen LogP contribution in [0.4, 0.5) is 5.69 Å². The zero-order chi connectivity index (χ0) is 19.5. The van der Waals surface area contributed by atoms with Crippen LogP contribution in [0.1, 0.15) is 32.1 Å². The van der Waals surface area contributed by atoms with Gasteiger partial charge in [0.15, 0.2) is 12.6 Å². The molecule has 6 nitrogen and oxygen atoms in total. The molecule has 1 amide bonds. The van der Waals surface area contributed by atoms with E-state index in [4.69, 9.17) is 4.74 Å². The highest BCUT2D eigenvalue weighted by atomic mass is 127. The van der Waals surface area contributed by atoms with E-state index in [1.165, 1.54) is 12.8 Å². The molecule has 0 fully saturated rings. The van der Waals surface area contributed by atoms with Crippen LogP contribution in [0.25, 0.3) is 0 Å². The van der Waals surface area contributed by atoms with Crippen LogP contribution in [0.5, 0.6) is 5.75 Å². The predicted molar refractivity (Wildman–Crippen MR) is 127 cm³/mol. The Hall–Kier alpha value is -1.77. The third-order valence-corrected chi connectivity index (χ3v) is 4.63. The van der Waals surface area contributed by atoms with Crippen LogP contribution in [-0.4, -0.2) is 57.1 Å². The molecule has 156 valence electrons. The standard InChI is InChI=1S/C21H32N4O2.HI/c1-4-5-6-7-10-15-24(3)21(22-2)23-14-11-16-25-18-12-8-9-13-19(18)27-17-20(25)26;/h4,8-9,12-13H,1,5-7,10-11,14-17H2,2-3H3,(H,22,23);1H. The number of para-hydroxylation sites is 2. The lowest BCUT2D eigenvalue weighted by atomic mass is 10.2. The van der Waals surface area contributed by atoms with Gasteiger partial charge in [-0.05, 0) is 37.8 Å². The lowest BCUT2D eigenvalue weighted by molar-refractivity contribution is -0.121. The molecule has 0 bridgehead atoms. The van der Waals surface area contributed by atoms with Gasteiger partial charge in [0.25, 0.3) is 5.91 Å². The van der Waals surface area contributed by atoms with Gasteiger partial charge in [0.05, 0.1) is 5.69 Å². The molecule has 0 aromatic heterocycles. The largest absolute Gasteiger partial charge is 0.482 e. The Bertz CT molecular complexity index is 651. The number of hydrogen-bond donors (Lipinski definition) is 1. The minimum atomic E-state index is 0. The minimum Gasteiger partial charge on any atom is -0.482 e. The van der Waals surface area contributed by atoms with E-state index in [0.29, 0.717) is 6.54 Å². The molecule has 1 heterocycles. The Kier molecular flexibility index (Phi) is 11.6. The summed E-state index contributed by atoms with van der Waals surface area (Å²) in [5.74, 6) is 1.68. The number of benzene rings is 1. The van der Waals surface area contributed by atoms with Crippen molar-refractivity contribution in [1.82, 2.24) is 10.2 Å². The maximum absolute atomic E-state index is 12.2. The number of allylic oxidation sites excluding steroid dienone is 1. The molecule has 1 N–H and O–H groups in total. The van der Waals surface area contributed by atoms with E-state index in [1.807, 2.05) is 35.2 Å². The molecular formula is C21H33IN4O2. The van der Waals surface area contributed by atoms with E-state index < -0.39 is 0 Å². The summed E-state index contributed by atoms with van der Waals surface area (Å²) in [7, 11) is 3.86. The zero-order valence-corrected chi connectivity index (χ0v) is 19.4. The molecule has 2 rings (SSSR count). The Balaban J connectivity index is 0.00000392. The van der Waals surface area contributed by atoms with E-state index in [0.717, 1.165) is 49.7 Å².